The summed E-state index contributed by atoms with van der Waals surface area (Å²) in [5, 5.41) is 3.12. The summed E-state index contributed by atoms with van der Waals surface area (Å²) in [5.74, 6) is -0.668. The van der Waals surface area contributed by atoms with Gasteiger partial charge in [-0.2, -0.15) is 4.98 Å². The monoisotopic (exact) mass is 411 g/mol. The third-order valence-electron chi connectivity index (χ3n) is 4.66. The van der Waals surface area contributed by atoms with E-state index in [2.05, 4.69) is 15.3 Å². The van der Waals surface area contributed by atoms with E-state index < -0.39 is 17.5 Å². The van der Waals surface area contributed by atoms with Gasteiger partial charge in [-0.25, -0.2) is 13.8 Å². The van der Waals surface area contributed by atoms with E-state index in [0.29, 0.717) is 37.0 Å². The first kappa shape index (κ1) is 19.6. The molecule has 30 heavy (non-hydrogen) atoms. The van der Waals surface area contributed by atoms with Gasteiger partial charge >= 0.3 is 0 Å². The number of aromatic nitrogens is 2. The summed E-state index contributed by atoms with van der Waals surface area (Å²) in [5.41, 5.74) is 6.61. The van der Waals surface area contributed by atoms with Gasteiger partial charge in [0.15, 0.2) is 11.6 Å². The smallest absolute Gasteiger partial charge is 0.248 e. The Hall–Kier alpha value is -3.75. The molecule has 154 valence electrons. The molecule has 3 N–H and O–H groups in total. The number of nitrogens with two attached hydrogens (primary N) is 1. The van der Waals surface area contributed by atoms with Crippen molar-refractivity contribution >= 4 is 17.7 Å². The number of nitrogens with zero attached hydrogens (tertiary/aromatic N) is 3. The molecule has 7 nitrogen and oxygen atoms in total. The molecule has 4 rings (SSSR count). The summed E-state index contributed by atoms with van der Waals surface area (Å²) >= 11 is 0. The molecule has 0 bridgehead atoms. The molecule has 2 heterocycles. The van der Waals surface area contributed by atoms with Crippen molar-refractivity contribution in [1.29, 1.82) is 0 Å². The van der Waals surface area contributed by atoms with Crippen molar-refractivity contribution in [2.24, 2.45) is 5.73 Å². The third kappa shape index (κ3) is 4.45. The van der Waals surface area contributed by atoms with Gasteiger partial charge in [0.25, 0.3) is 0 Å². The molecular formula is C21H19F2N5O2. The van der Waals surface area contributed by atoms with Gasteiger partial charge in [-0.15, -0.1) is 0 Å². The Balaban J connectivity index is 1.33. The number of nitrogens with one attached hydrogen (secondary N) is 1. The van der Waals surface area contributed by atoms with Crippen LogP contribution in [-0.4, -0.2) is 35.1 Å². The predicted molar refractivity (Wildman–Crippen MR) is 107 cm³/mol. The topological polar surface area (TPSA) is 93.4 Å². The van der Waals surface area contributed by atoms with Crippen LogP contribution in [0.4, 0.5) is 20.5 Å². The van der Waals surface area contributed by atoms with Crippen LogP contribution in [0.2, 0.25) is 0 Å². The first-order valence-corrected chi connectivity index (χ1v) is 9.30. The molecule has 1 amide bonds. The lowest BCUT2D eigenvalue weighted by Gasteiger charge is -2.39. The van der Waals surface area contributed by atoms with Gasteiger partial charge in [-0.3, -0.25) is 4.79 Å². The van der Waals surface area contributed by atoms with Crippen molar-refractivity contribution in [3.8, 4) is 5.75 Å². The molecule has 1 aliphatic heterocycles. The molecule has 0 spiro atoms. The van der Waals surface area contributed by atoms with Gasteiger partial charge in [-0.1, -0.05) is 12.1 Å². The minimum absolute atomic E-state index is 0.0317. The van der Waals surface area contributed by atoms with Crippen molar-refractivity contribution < 1.29 is 18.3 Å². The van der Waals surface area contributed by atoms with Crippen LogP contribution < -0.4 is 20.7 Å². The highest BCUT2D eigenvalue weighted by Gasteiger charge is 2.30. The van der Waals surface area contributed by atoms with Gasteiger partial charge in [0.2, 0.25) is 11.9 Å². The molecule has 1 aromatic heterocycles. The minimum atomic E-state index is -0.720. The van der Waals surface area contributed by atoms with Crippen LogP contribution in [0.15, 0.2) is 54.7 Å². The average molecular weight is 411 g/mol. The zero-order chi connectivity index (χ0) is 21.1. The van der Waals surface area contributed by atoms with Crippen LogP contribution in [0.3, 0.4) is 0 Å². The Kier molecular flexibility index (Phi) is 5.42. The molecule has 1 aliphatic rings. The summed E-state index contributed by atoms with van der Waals surface area (Å²) in [4.78, 5) is 21.9. The summed E-state index contributed by atoms with van der Waals surface area (Å²) in [7, 11) is 0. The number of amides is 1. The zero-order valence-electron chi connectivity index (χ0n) is 15.9. The Morgan fingerprint density at radius 3 is 2.80 bits per heavy atom. The number of rotatable bonds is 7. The Bertz CT molecular complexity index is 1070. The van der Waals surface area contributed by atoms with E-state index >= 15 is 0 Å². The van der Waals surface area contributed by atoms with Gasteiger partial charge in [0.1, 0.15) is 17.7 Å². The maximum Gasteiger partial charge on any atom is 0.248 e. The second-order valence-electron chi connectivity index (χ2n) is 6.88. The lowest BCUT2D eigenvalue weighted by Crippen LogP contribution is -2.54. The van der Waals surface area contributed by atoms with Gasteiger partial charge in [0, 0.05) is 24.4 Å². The molecule has 0 aliphatic carbocycles. The molecule has 0 saturated carbocycles. The van der Waals surface area contributed by atoms with E-state index in [1.54, 1.807) is 30.5 Å². The van der Waals surface area contributed by atoms with Crippen molar-refractivity contribution in [2.45, 2.75) is 12.6 Å². The number of hydrogen-bond acceptors (Lipinski definition) is 6. The number of anilines is 2. The van der Waals surface area contributed by atoms with E-state index in [4.69, 9.17) is 10.5 Å². The van der Waals surface area contributed by atoms with Crippen LogP contribution in [0.5, 0.6) is 5.75 Å². The number of carbonyl (C=O) groups is 1. The summed E-state index contributed by atoms with van der Waals surface area (Å²) < 4.78 is 32.3. The molecular weight excluding hydrogens is 392 g/mol. The molecule has 0 radical (unpaired) electrons. The summed E-state index contributed by atoms with van der Waals surface area (Å²) in [6.07, 6.45) is 1.42. The zero-order valence-corrected chi connectivity index (χ0v) is 15.9. The van der Waals surface area contributed by atoms with Crippen LogP contribution >= 0.6 is 0 Å². The van der Waals surface area contributed by atoms with E-state index in [9.17, 15) is 13.6 Å². The quantitative estimate of drug-likeness (QED) is 0.621. The van der Waals surface area contributed by atoms with E-state index in [0.717, 1.165) is 17.7 Å². The van der Waals surface area contributed by atoms with Crippen molar-refractivity contribution in [1.82, 2.24) is 9.97 Å². The number of ether oxygens (including phenoxy) is 1. The second kappa shape index (κ2) is 8.32. The third-order valence-corrected chi connectivity index (χ3v) is 4.66. The van der Waals surface area contributed by atoms with Crippen LogP contribution in [0.1, 0.15) is 15.9 Å². The van der Waals surface area contributed by atoms with Crippen molar-refractivity contribution in [3.05, 3.63) is 77.5 Å². The van der Waals surface area contributed by atoms with Crippen LogP contribution in [-0.2, 0) is 6.54 Å². The van der Waals surface area contributed by atoms with Crippen molar-refractivity contribution in [3.63, 3.8) is 0 Å². The largest absolute Gasteiger partial charge is 0.484 e. The lowest BCUT2D eigenvalue weighted by molar-refractivity contribution is 0.1000. The first-order valence-electron chi connectivity index (χ1n) is 9.30. The number of primary amides is 1. The fourth-order valence-electron chi connectivity index (χ4n) is 3.08. The van der Waals surface area contributed by atoms with E-state index in [-0.39, 0.29) is 11.9 Å². The normalized spacial score (nSPS) is 13.6. The Morgan fingerprint density at radius 2 is 2.03 bits per heavy atom. The van der Waals surface area contributed by atoms with Crippen LogP contribution in [0.25, 0.3) is 0 Å². The van der Waals surface area contributed by atoms with Crippen molar-refractivity contribution in [2.75, 3.05) is 23.3 Å². The molecule has 1 fully saturated rings. The molecule has 1 saturated heterocycles. The lowest BCUT2D eigenvalue weighted by atomic mass is 10.1. The molecule has 0 atom stereocenters. The van der Waals surface area contributed by atoms with Gasteiger partial charge in [0.05, 0.1) is 13.1 Å². The Labute approximate surface area is 171 Å². The first-order chi connectivity index (χ1) is 14.5. The predicted octanol–water partition coefficient (Wildman–Crippen LogP) is 2.73. The number of carbonyl (C=O) groups excluding carboxylic acids is 1. The molecule has 3 aromatic rings. The maximum atomic E-state index is 13.7. The van der Waals surface area contributed by atoms with E-state index in [1.807, 2.05) is 11.0 Å². The highest BCUT2D eigenvalue weighted by Crippen LogP contribution is 2.25. The summed E-state index contributed by atoms with van der Waals surface area (Å²) in [6.45, 7) is 1.47. The molecule has 9 heteroatoms. The standard InChI is InChI=1S/C21H19F2N5O2/c22-15-4-5-18(17(23)9-15)30-16-11-28(12-16)19-6-7-25-21(27-19)26-10-13-2-1-3-14(8-13)20(24)29/h1-9,16H,10-12H2,(H2,24,29)(H,25,26,27). The second-order valence-corrected chi connectivity index (χ2v) is 6.88. The fourth-order valence-corrected chi connectivity index (χ4v) is 3.08. The van der Waals surface area contributed by atoms with Gasteiger partial charge < -0.3 is 20.7 Å². The highest BCUT2D eigenvalue weighted by molar-refractivity contribution is 5.92. The number of halogens is 2. The minimum Gasteiger partial charge on any atom is -0.484 e. The van der Waals surface area contributed by atoms with Gasteiger partial charge in [-0.05, 0) is 35.9 Å². The molecule has 0 unspecified atom stereocenters. The average Bonchev–Trinajstić information content (AvgIpc) is 2.70. The number of benzene rings is 2. The Morgan fingerprint density at radius 1 is 1.20 bits per heavy atom. The highest BCUT2D eigenvalue weighted by atomic mass is 19.1. The SMILES string of the molecule is NC(=O)c1cccc(CNc2nccc(N3CC(Oc4ccc(F)cc4F)C3)n2)c1. The molecule has 2 aromatic carbocycles. The van der Waals surface area contributed by atoms with Crippen LogP contribution in [0, 0.1) is 11.6 Å². The van der Waals surface area contributed by atoms with E-state index in [1.165, 1.54) is 6.07 Å². The maximum absolute atomic E-state index is 13.7. The number of hydrogen-bond donors (Lipinski definition) is 2. The fraction of sp³-hybridized carbons (Fsp3) is 0.190. The summed E-state index contributed by atoms with van der Waals surface area (Å²) in [6, 6.07) is 12.0.